The molecule has 2 aromatic carbocycles. The molecule has 2 heterocycles. The number of methoxy groups -OCH3 is 1. The van der Waals surface area contributed by atoms with Gasteiger partial charge in [0.1, 0.15) is 5.75 Å². The fraction of sp³-hybridized carbons (Fsp3) is 0.261. The summed E-state index contributed by atoms with van der Waals surface area (Å²) in [5.41, 5.74) is 9.31. The number of ether oxygens (including phenoxy) is 1. The van der Waals surface area contributed by atoms with E-state index in [-0.39, 0.29) is 23.3 Å². The maximum Gasteiger partial charge on any atom is 0.335 e. The molecule has 1 aliphatic heterocycles. The Morgan fingerprint density at radius 1 is 1.13 bits per heavy atom. The maximum atomic E-state index is 11.2. The van der Waals surface area contributed by atoms with Crippen LogP contribution in [-0.2, 0) is 4.74 Å². The fourth-order valence-corrected chi connectivity index (χ4v) is 4.03. The Labute approximate surface area is 179 Å². The lowest BCUT2D eigenvalue weighted by molar-refractivity contribution is 0.0696. The molecule has 31 heavy (non-hydrogen) atoms. The minimum atomic E-state index is -0.945. The van der Waals surface area contributed by atoms with Crippen LogP contribution < -0.4 is 10.6 Å². The minimum Gasteiger partial charge on any atom is -0.507 e. The molecule has 0 spiro atoms. The zero-order valence-electron chi connectivity index (χ0n) is 17.1. The van der Waals surface area contributed by atoms with Gasteiger partial charge in [0.15, 0.2) is 5.82 Å². The Hall–Kier alpha value is -3.65. The molecule has 8 nitrogen and oxygen atoms in total. The van der Waals surface area contributed by atoms with Gasteiger partial charge in [0.05, 0.1) is 23.0 Å². The molecule has 1 saturated heterocycles. The predicted octanol–water partition coefficient (Wildman–Crippen LogP) is 3.14. The van der Waals surface area contributed by atoms with Gasteiger partial charge in [-0.1, -0.05) is 24.3 Å². The zero-order chi connectivity index (χ0) is 22.0. The average molecular weight is 420 g/mol. The number of phenols is 1. The molecule has 1 aliphatic rings. The number of carbonyl (C=O) groups is 1. The van der Waals surface area contributed by atoms with E-state index in [4.69, 9.17) is 15.6 Å². The topological polar surface area (TPSA) is 122 Å². The van der Waals surface area contributed by atoms with Crippen molar-refractivity contribution in [3.05, 3.63) is 65.7 Å². The highest BCUT2D eigenvalue weighted by molar-refractivity contribution is 5.87. The van der Waals surface area contributed by atoms with Gasteiger partial charge >= 0.3 is 5.97 Å². The summed E-state index contributed by atoms with van der Waals surface area (Å²) in [6.45, 7) is 1.30. The van der Waals surface area contributed by atoms with E-state index in [0.717, 1.165) is 17.7 Å². The molecule has 4 N–H and O–H groups in total. The highest BCUT2D eigenvalue weighted by atomic mass is 16.5. The van der Waals surface area contributed by atoms with Crippen molar-refractivity contribution in [3.63, 3.8) is 0 Å². The molecule has 3 aromatic rings. The van der Waals surface area contributed by atoms with Gasteiger partial charge in [-0.2, -0.15) is 0 Å². The van der Waals surface area contributed by atoms with E-state index >= 15 is 0 Å². The third-order valence-electron chi connectivity index (χ3n) is 5.70. The number of carboxylic acid groups (broad SMARTS) is 1. The molecular formula is C23H24N4O4. The number of aromatic carboxylic acids is 1. The number of rotatable bonds is 5. The number of benzene rings is 2. The van der Waals surface area contributed by atoms with Crippen molar-refractivity contribution in [2.75, 3.05) is 30.8 Å². The lowest BCUT2D eigenvalue weighted by Gasteiger charge is -2.39. The smallest absolute Gasteiger partial charge is 0.335 e. The molecule has 0 radical (unpaired) electrons. The second kappa shape index (κ2) is 8.61. The number of hydrogen-bond donors (Lipinski definition) is 3. The summed E-state index contributed by atoms with van der Waals surface area (Å²) < 4.78 is 5.68. The van der Waals surface area contributed by atoms with Crippen LogP contribution in [0.2, 0.25) is 0 Å². The van der Waals surface area contributed by atoms with Crippen LogP contribution in [0.25, 0.3) is 11.3 Å². The summed E-state index contributed by atoms with van der Waals surface area (Å²) >= 11 is 0. The van der Waals surface area contributed by atoms with Gasteiger partial charge < -0.3 is 25.6 Å². The molecule has 0 saturated carbocycles. The Kier molecular flexibility index (Phi) is 5.73. The number of para-hydroxylation sites is 1. The third kappa shape index (κ3) is 4.29. The lowest BCUT2D eigenvalue weighted by atomic mass is 9.88. The normalized spacial score (nSPS) is 18.7. The Morgan fingerprint density at radius 2 is 1.87 bits per heavy atom. The average Bonchev–Trinajstić information content (AvgIpc) is 2.79. The summed E-state index contributed by atoms with van der Waals surface area (Å²) in [6, 6.07) is 15.7. The van der Waals surface area contributed by atoms with Crippen molar-refractivity contribution in [1.82, 2.24) is 10.2 Å². The number of aromatic nitrogens is 2. The summed E-state index contributed by atoms with van der Waals surface area (Å²) in [5.74, 6) is -0.394. The van der Waals surface area contributed by atoms with Crippen LogP contribution in [0.5, 0.6) is 5.75 Å². The molecule has 1 fully saturated rings. The molecule has 1 aromatic heterocycles. The molecule has 160 valence electrons. The van der Waals surface area contributed by atoms with Gasteiger partial charge in [-0.3, -0.25) is 0 Å². The Balaban J connectivity index is 1.66. The minimum absolute atomic E-state index is 0.0287. The molecule has 0 bridgehead atoms. The Bertz CT molecular complexity index is 1090. The first-order chi connectivity index (χ1) is 15.0. The quantitative estimate of drug-likeness (QED) is 0.575. The number of nitrogens with two attached hydrogens (primary N) is 1. The number of nitrogen functional groups attached to an aromatic ring is 1. The van der Waals surface area contributed by atoms with Gasteiger partial charge in [-0.15, -0.1) is 10.2 Å². The molecule has 1 unspecified atom stereocenters. The van der Waals surface area contributed by atoms with Crippen LogP contribution >= 0.6 is 0 Å². The van der Waals surface area contributed by atoms with Crippen molar-refractivity contribution in [2.24, 2.45) is 0 Å². The van der Waals surface area contributed by atoms with Crippen molar-refractivity contribution in [2.45, 2.75) is 18.4 Å². The number of nitrogens with zero attached hydrogens (tertiary/aromatic N) is 3. The zero-order valence-corrected chi connectivity index (χ0v) is 17.1. The summed E-state index contributed by atoms with van der Waals surface area (Å²) in [5, 5.41) is 27.6. The summed E-state index contributed by atoms with van der Waals surface area (Å²) in [6.07, 6.45) is 0.781. The van der Waals surface area contributed by atoms with E-state index in [2.05, 4.69) is 15.1 Å². The van der Waals surface area contributed by atoms with Crippen LogP contribution in [0.1, 0.15) is 28.3 Å². The number of aromatic hydroxyl groups is 1. The van der Waals surface area contributed by atoms with Gasteiger partial charge in [0.2, 0.25) is 0 Å². The van der Waals surface area contributed by atoms with Crippen LogP contribution in [0.3, 0.4) is 0 Å². The van der Waals surface area contributed by atoms with Crippen molar-refractivity contribution >= 4 is 17.5 Å². The van der Waals surface area contributed by atoms with Crippen LogP contribution in [-0.4, -0.2) is 52.7 Å². The van der Waals surface area contributed by atoms with E-state index in [1.807, 2.05) is 24.3 Å². The molecule has 4 rings (SSSR count). The van der Waals surface area contributed by atoms with Crippen LogP contribution in [0, 0.1) is 0 Å². The number of carboxylic acids is 1. The molecule has 0 aliphatic carbocycles. The third-order valence-corrected chi connectivity index (χ3v) is 5.70. The van der Waals surface area contributed by atoms with Crippen molar-refractivity contribution in [1.29, 1.82) is 0 Å². The Morgan fingerprint density at radius 3 is 2.55 bits per heavy atom. The van der Waals surface area contributed by atoms with Crippen LogP contribution in [0.4, 0.5) is 11.5 Å². The second-order valence-electron chi connectivity index (χ2n) is 7.64. The first-order valence-electron chi connectivity index (χ1n) is 9.98. The van der Waals surface area contributed by atoms with Gasteiger partial charge in [-0.05, 0) is 42.3 Å². The number of phenolic OH excluding ortho intramolecular Hbond substituents is 1. The number of piperidine rings is 1. The number of hydrogen-bond acceptors (Lipinski definition) is 7. The van der Waals surface area contributed by atoms with E-state index in [1.54, 1.807) is 37.4 Å². The van der Waals surface area contributed by atoms with Crippen LogP contribution in [0.15, 0.2) is 54.6 Å². The molecule has 0 amide bonds. The van der Waals surface area contributed by atoms with E-state index in [0.29, 0.717) is 30.2 Å². The molecule has 8 heteroatoms. The first kappa shape index (κ1) is 20.6. The van der Waals surface area contributed by atoms with E-state index in [1.165, 1.54) is 0 Å². The second-order valence-corrected chi connectivity index (χ2v) is 7.64. The lowest BCUT2D eigenvalue weighted by Crippen LogP contribution is -2.43. The summed E-state index contributed by atoms with van der Waals surface area (Å²) in [7, 11) is 1.68. The molecular weight excluding hydrogens is 396 g/mol. The number of anilines is 2. The van der Waals surface area contributed by atoms with E-state index < -0.39 is 5.97 Å². The highest BCUT2D eigenvalue weighted by Crippen LogP contribution is 2.36. The van der Waals surface area contributed by atoms with Gasteiger partial charge in [-0.25, -0.2) is 4.79 Å². The standard InChI is InChI=1S/C23H24N4O4/c1-31-17-10-16(14-6-8-15(9-7-14)23(29)30)12-27(13-17)20-11-19(25-26-22(20)24)18-4-2-3-5-21(18)28/h2-9,11,16-17,28H,10,12-13H2,1H3,(H2,24,26)(H,29,30)/t16?,17-/m1/s1. The maximum absolute atomic E-state index is 11.2. The van der Waals surface area contributed by atoms with Gasteiger partial charge in [0, 0.05) is 31.7 Å². The predicted molar refractivity (Wildman–Crippen MR) is 117 cm³/mol. The SMILES string of the molecule is CO[C@@H]1CC(c2ccc(C(=O)O)cc2)CN(c2cc(-c3ccccc3O)nnc2N)C1. The van der Waals surface area contributed by atoms with Crippen molar-refractivity contribution in [3.8, 4) is 17.0 Å². The van der Waals surface area contributed by atoms with Crippen molar-refractivity contribution < 1.29 is 19.7 Å². The van der Waals surface area contributed by atoms with E-state index in [9.17, 15) is 9.90 Å². The fourth-order valence-electron chi connectivity index (χ4n) is 4.03. The monoisotopic (exact) mass is 420 g/mol. The van der Waals surface area contributed by atoms with Gasteiger partial charge in [0.25, 0.3) is 0 Å². The highest BCUT2D eigenvalue weighted by Gasteiger charge is 2.30. The first-order valence-corrected chi connectivity index (χ1v) is 9.98. The largest absolute Gasteiger partial charge is 0.507 e. The molecule has 2 atom stereocenters. The summed E-state index contributed by atoms with van der Waals surface area (Å²) in [4.78, 5) is 13.3.